The molecule has 0 aliphatic rings. The van der Waals surface area contributed by atoms with Crippen LogP contribution in [0.3, 0.4) is 0 Å². The second-order valence-electron chi connectivity index (χ2n) is 5.67. The van der Waals surface area contributed by atoms with Crippen molar-refractivity contribution in [2.24, 2.45) is 0 Å². The molecular formula is C18H14FN3O2. The van der Waals surface area contributed by atoms with Gasteiger partial charge in [0.2, 0.25) is 17.7 Å². The molecule has 0 saturated carbocycles. The number of aryl methyl sites for hydroxylation is 2. The van der Waals surface area contributed by atoms with Gasteiger partial charge in [0.05, 0.1) is 0 Å². The average molecular weight is 323 g/mol. The van der Waals surface area contributed by atoms with Crippen LogP contribution in [0.5, 0.6) is 0 Å². The van der Waals surface area contributed by atoms with Gasteiger partial charge < -0.3 is 8.83 Å². The van der Waals surface area contributed by atoms with Crippen molar-refractivity contribution in [3.05, 3.63) is 65.1 Å². The topological polar surface area (TPSA) is 65.0 Å². The zero-order valence-corrected chi connectivity index (χ0v) is 13.2. The van der Waals surface area contributed by atoms with Gasteiger partial charge in [-0.25, -0.2) is 9.37 Å². The monoisotopic (exact) mass is 323 g/mol. The minimum Gasteiger partial charge on any atom is -0.440 e. The minimum atomic E-state index is -0.413. The standard InChI is InChI=1S/C18H14FN3O2/c1-10-6-7-12(8-11(10)2)18-22-21-16(24-18)9-15-20-17-13(19)4-3-5-14(17)23-15/h3-8H,9H2,1-2H3. The molecule has 0 radical (unpaired) electrons. The first-order valence-corrected chi connectivity index (χ1v) is 7.54. The summed E-state index contributed by atoms with van der Waals surface area (Å²) in [6, 6.07) is 10.5. The van der Waals surface area contributed by atoms with Gasteiger partial charge in [-0.15, -0.1) is 10.2 Å². The van der Waals surface area contributed by atoms with Gasteiger partial charge in [0, 0.05) is 5.56 Å². The molecule has 0 unspecified atom stereocenters. The van der Waals surface area contributed by atoms with Crippen molar-refractivity contribution in [2.45, 2.75) is 20.3 Å². The molecule has 0 atom stereocenters. The van der Waals surface area contributed by atoms with Gasteiger partial charge in [0.1, 0.15) is 11.9 Å². The molecule has 4 rings (SSSR count). The molecule has 0 saturated heterocycles. The number of fused-ring (bicyclic) bond motifs is 1. The Kier molecular flexibility index (Phi) is 3.37. The molecule has 2 aromatic heterocycles. The summed E-state index contributed by atoms with van der Waals surface area (Å²) in [4.78, 5) is 4.15. The summed E-state index contributed by atoms with van der Waals surface area (Å²) in [5.74, 6) is 0.736. The van der Waals surface area contributed by atoms with Gasteiger partial charge in [0.25, 0.3) is 0 Å². The van der Waals surface area contributed by atoms with Crippen LogP contribution < -0.4 is 0 Å². The Balaban J connectivity index is 1.62. The van der Waals surface area contributed by atoms with Gasteiger partial charge in [0.15, 0.2) is 11.4 Å². The number of hydrogen-bond acceptors (Lipinski definition) is 5. The maximum absolute atomic E-state index is 13.7. The Labute approximate surface area is 137 Å². The highest BCUT2D eigenvalue weighted by Crippen LogP contribution is 2.23. The second-order valence-corrected chi connectivity index (χ2v) is 5.67. The van der Waals surface area contributed by atoms with E-state index in [0.29, 0.717) is 23.3 Å². The fourth-order valence-electron chi connectivity index (χ4n) is 2.48. The van der Waals surface area contributed by atoms with Gasteiger partial charge in [-0.1, -0.05) is 12.1 Å². The predicted octanol–water partition coefficient (Wildman–Crippen LogP) is 4.22. The molecule has 0 N–H and O–H groups in total. The van der Waals surface area contributed by atoms with E-state index in [1.54, 1.807) is 12.1 Å². The Morgan fingerprint density at radius 3 is 2.62 bits per heavy atom. The third-order valence-corrected chi connectivity index (χ3v) is 3.94. The van der Waals surface area contributed by atoms with Crippen LogP contribution in [0, 0.1) is 19.7 Å². The number of aromatic nitrogens is 3. The first-order chi connectivity index (χ1) is 11.6. The quantitative estimate of drug-likeness (QED) is 0.564. The molecular weight excluding hydrogens is 309 g/mol. The lowest BCUT2D eigenvalue weighted by atomic mass is 10.1. The zero-order valence-electron chi connectivity index (χ0n) is 13.2. The van der Waals surface area contributed by atoms with Crippen molar-refractivity contribution in [1.29, 1.82) is 0 Å². The van der Waals surface area contributed by atoms with Gasteiger partial charge in [-0.3, -0.25) is 0 Å². The highest BCUT2D eigenvalue weighted by atomic mass is 19.1. The highest BCUT2D eigenvalue weighted by Gasteiger charge is 2.15. The average Bonchev–Trinajstić information content (AvgIpc) is 3.18. The molecule has 0 spiro atoms. The Morgan fingerprint density at radius 2 is 1.83 bits per heavy atom. The molecule has 6 heteroatoms. The number of hydrogen-bond donors (Lipinski definition) is 0. The first kappa shape index (κ1) is 14.6. The lowest BCUT2D eigenvalue weighted by Gasteiger charge is -2.00. The summed E-state index contributed by atoms with van der Waals surface area (Å²) in [7, 11) is 0. The number of oxazole rings is 1. The van der Waals surface area contributed by atoms with E-state index in [1.807, 2.05) is 32.0 Å². The molecule has 0 amide bonds. The largest absolute Gasteiger partial charge is 0.440 e. The fraction of sp³-hybridized carbons (Fsp3) is 0.167. The Hall–Kier alpha value is -3.02. The first-order valence-electron chi connectivity index (χ1n) is 7.54. The maximum atomic E-state index is 13.7. The van der Waals surface area contributed by atoms with Crippen molar-refractivity contribution in [3.8, 4) is 11.5 Å². The Morgan fingerprint density at radius 1 is 0.958 bits per heavy atom. The molecule has 0 aliphatic carbocycles. The third-order valence-electron chi connectivity index (χ3n) is 3.94. The van der Waals surface area contributed by atoms with Crippen LogP contribution in [-0.4, -0.2) is 15.2 Å². The van der Waals surface area contributed by atoms with Crippen molar-refractivity contribution >= 4 is 11.1 Å². The van der Waals surface area contributed by atoms with Gasteiger partial charge >= 0.3 is 0 Å². The molecule has 2 heterocycles. The van der Waals surface area contributed by atoms with E-state index in [4.69, 9.17) is 8.83 Å². The van der Waals surface area contributed by atoms with Crippen molar-refractivity contribution in [1.82, 2.24) is 15.2 Å². The molecule has 0 bridgehead atoms. The van der Waals surface area contributed by atoms with Crippen LogP contribution in [0.15, 0.2) is 45.2 Å². The third kappa shape index (κ3) is 2.56. The minimum absolute atomic E-state index is 0.210. The summed E-state index contributed by atoms with van der Waals surface area (Å²) in [5, 5.41) is 8.09. The summed E-state index contributed by atoms with van der Waals surface area (Å²) >= 11 is 0. The fourth-order valence-corrected chi connectivity index (χ4v) is 2.48. The summed E-state index contributed by atoms with van der Waals surface area (Å²) in [5.41, 5.74) is 3.83. The molecule has 4 aromatic rings. The van der Waals surface area contributed by atoms with Crippen LogP contribution in [0.2, 0.25) is 0 Å². The van der Waals surface area contributed by atoms with Crippen LogP contribution in [0.4, 0.5) is 4.39 Å². The summed E-state index contributed by atoms with van der Waals surface area (Å²) < 4.78 is 24.9. The van der Waals surface area contributed by atoms with Crippen molar-refractivity contribution in [2.75, 3.05) is 0 Å². The number of para-hydroxylation sites is 1. The van der Waals surface area contributed by atoms with E-state index in [9.17, 15) is 4.39 Å². The van der Waals surface area contributed by atoms with Crippen LogP contribution in [0.25, 0.3) is 22.6 Å². The van der Waals surface area contributed by atoms with Crippen LogP contribution in [0.1, 0.15) is 22.9 Å². The Bertz CT molecular complexity index is 1040. The number of nitrogens with zero attached hydrogens (tertiary/aromatic N) is 3. The predicted molar refractivity (Wildman–Crippen MR) is 86.0 cm³/mol. The van der Waals surface area contributed by atoms with Gasteiger partial charge in [-0.05, 0) is 49.2 Å². The van der Waals surface area contributed by atoms with E-state index in [2.05, 4.69) is 15.2 Å². The van der Waals surface area contributed by atoms with Gasteiger partial charge in [-0.2, -0.15) is 0 Å². The highest BCUT2D eigenvalue weighted by molar-refractivity contribution is 5.73. The zero-order chi connectivity index (χ0) is 16.7. The van der Waals surface area contributed by atoms with Crippen LogP contribution >= 0.6 is 0 Å². The lowest BCUT2D eigenvalue weighted by molar-refractivity contribution is 0.476. The normalized spacial score (nSPS) is 11.3. The molecule has 0 fully saturated rings. The SMILES string of the molecule is Cc1ccc(-c2nnc(Cc3nc4c(F)cccc4o3)o2)cc1C. The second kappa shape index (κ2) is 5.56. The smallest absolute Gasteiger partial charge is 0.247 e. The number of halogens is 1. The lowest BCUT2D eigenvalue weighted by Crippen LogP contribution is -1.88. The molecule has 120 valence electrons. The maximum Gasteiger partial charge on any atom is 0.247 e. The van der Waals surface area contributed by atoms with Crippen molar-refractivity contribution in [3.63, 3.8) is 0 Å². The summed E-state index contributed by atoms with van der Waals surface area (Å²) in [6.45, 7) is 4.08. The van der Waals surface area contributed by atoms with E-state index in [-0.39, 0.29) is 11.9 Å². The van der Waals surface area contributed by atoms with Crippen molar-refractivity contribution < 1.29 is 13.2 Å². The van der Waals surface area contributed by atoms with E-state index < -0.39 is 5.82 Å². The molecule has 5 nitrogen and oxygen atoms in total. The molecule has 2 aromatic carbocycles. The molecule has 24 heavy (non-hydrogen) atoms. The molecule has 0 aliphatic heterocycles. The van der Waals surface area contributed by atoms with E-state index in [1.165, 1.54) is 11.6 Å². The number of benzene rings is 2. The number of rotatable bonds is 3. The van der Waals surface area contributed by atoms with Crippen LogP contribution in [-0.2, 0) is 6.42 Å². The van der Waals surface area contributed by atoms with E-state index in [0.717, 1.165) is 11.1 Å². The van der Waals surface area contributed by atoms with E-state index >= 15 is 0 Å². The summed E-state index contributed by atoms with van der Waals surface area (Å²) in [6.07, 6.45) is 0.214.